The van der Waals surface area contributed by atoms with E-state index in [1.165, 1.54) is 4.90 Å². The zero-order valence-electron chi connectivity index (χ0n) is 15.9. The third-order valence-corrected chi connectivity index (χ3v) is 4.75. The molecule has 0 saturated carbocycles. The molecule has 7 nitrogen and oxygen atoms in total. The molecular formula is C21H22N2O5. The minimum absolute atomic E-state index is 0.286. The largest absolute Gasteiger partial charge is 0.492 e. The summed E-state index contributed by atoms with van der Waals surface area (Å²) >= 11 is 0. The molecule has 0 aliphatic carbocycles. The number of hydrogen-bond acceptors (Lipinski definition) is 6. The molecule has 0 bridgehead atoms. The summed E-state index contributed by atoms with van der Waals surface area (Å²) in [7, 11) is 1.88. The molecule has 0 spiro atoms. The Labute approximate surface area is 163 Å². The molecule has 2 heterocycles. The molecule has 0 fully saturated rings. The van der Waals surface area contributed by atoms with Crippen molar-refractivity contribution in [3.05, 3.63) is 47.5 Å². The SMILES string of the molecule is Cc1cccc(OCCN(C)CN2C(=O)C(=O)c3cc4c(cc32)OCCO4)c1. The molecule has 0 radical (unpaired) electrons. The topological polar surface area (TPSA) is 68.3 Å². The lowest BCUT2D eigenvalue weighted by atomic mass is 10.1. The van der Waals surface area contributed by atoms with E-state index in [9.17, 15) is 9.59 Å². The zero-order chi connectivity index (χ0) is 19.7. The molecule has 28 heavy (non-hydrogen) atoms. The lowest BCUT2D eigenvalue weighted by molar-refractivity contribution is -0.114. The number of Topliss-reactive ketones (excluding diaryl/α,β-unsaturated/α-hetero) is 1. The van der Waals surface area contributed by atoms with Gasteiger partial charge in [0, 0.05) is 12.6 Å². The number of amides is 1. The van der Waals surface area contributed by atoms with Crippen LogP contribution in [0.2, 0.25) is 0 Å². The summed E-state index contributed by atoms with van der Waals surface area (Å²) in [4.78, 5) is 28.3. The number of rotatable bonds is 6. The number of hydrogen-bond donors (Lipinski definition) is 0. The molecule has 2 aromatic carbocycles. The summed E-state index contributed by atoms with van der Waals surface area (Å²) in [6, 6.07) is 11.2. The average molecular weight is 382 g/mol. The molecule has 1 amide bonds. The van der Waals surface area contributed by atoms with E-state index in [-0.39, 0.29) is 6.67 Å². The fraction of sp³-hybridized carbons (Fsp3) is 0.333. The predicted molar refractivity (Wildman–Crippen MR) is 103 cm³/mol. The number of carbonyl (C=O) groups is 2. The number of ketones is 1. The van der Waals surface area contributed by atoms with Gasteiger partial charge in [0.05, 0.1) is 17.9 Å². The van der Waals surface area contributed by atoms with Gasteiger partial charge in [-0.2, -0.15) is 0 Å². The third kappa shape index (κ3) is 3.53. The Morgan fingerprint density at radius 1 is 1.11 bits per heavy atom. The van der Waals surface area contributed by atoms with Gasteiger partial charge < -0.3 is 14.2 Å². The Bertz CT molecular complexity index is 927. The first-order valence-electron chi connectivity index (χ1n) is 9.21. The fourth-order valence-corrected chi connectivity index (χ4v) is 3.31. The minimum atomic E-state index is -0.538. The maximum Gasteiger partial charge on any atom is 0.300 e. The number of anilines is 1. The van der Waals surface area contributed by atoms with Crippen LogP contribution in [-0.2, 0) is 4.79 Å². The molecule has 2 aliphatic heterocycles. The number of benzene rings is 2. The van der Waals surface area contributed by atoms with Crippen LogP contribution in [0.3, 0.4) is 0 Å². The van der Waals surface area contributed by atoms with Crippen LogP contribution < -0.4 is 19.1 Å². The van der Waals surface area contributed by atoms with Crippen LogP contribution in [0.15, 0.2) is 36.4 Å². The molecule has 0 saturated heterocycles. The highest BCUT2D eigenvalue weighted by Crippen LogP contribution is 2.40. The van der Waals surface area contributed by atoms with Gasteiger partial charge in [-0.25, -0.2) is 0 Å². The van der Waals surface area contributed by atoms with E-state index in [0.717, 1.165) is 11.3 Å². The molecular weight excluding hydrogens is 360 g/mol. The Morgan fingerprint density at radius 2 is 1.86 bits per heavy atom. The van der Waals surface area contributed by atoms with Crippen LogP contribution >= 0.6 is 0 Å². The first-order chi connectivity index (χ1) is 13.5. The average Bonchev–Trinajstić information content (AvgIpc) is 2.91. The highest BCUT2D eigenvalue weighted by Gasteiger charge is 2.38. The Hall–Kier alpha value is -3.06. The highest BCUT2D eigenvalue weighted by atomic mass is 16.6. The minimum Gasteiger partial charge on any atom is -0.492 e. The number of ether oxygens (including phenoxy) is 3. The lowest BCUT2D eigenvalue weighted by Gasteiger charge is -2.25. The summed E-state index contributed by atoms with van der Waals surface area (Å²) < 4.78 is 16.9. The molecule has 2 aromatic rings. The normalized spacial score (nSPS) is 15.2. The van der Waals surface area contributed by atoms with E-state index >= 15 is 0 Å². The summed E-state index contributed by atoms with van der Waals surface area (Å²) in [6.07, 6.45) is 0. The van der Waals surface area contributed by atoms with Gasteiger partial charge in [0.25, 0.3) is 5.78 Å². The lowest BCUT2D eigenvalue weighted by Crippen LogP contribution is -2.40. The highest BCUT2D eigenvalue weighted by molar-refractivity contribution is 6.52. The number of fused-ring (bicyclic) bond motifs is 2. The summed E-state index contributed by atoms with van der Waals surface area (Å²) in [6.45, 7) is 4.26. The molecule has 0 unspecified atom stereocenters. The van der Waals surface area contributed by atoms with Gasteiger partial charge in [-0.05, 0) is 37.7 Å². The second-order valence-electron chi connectivity index (χ2n) is 6.96. The molecule has 0 aromatic heterocycles. The van der Waals surface area contributed by atoms with E-state index in [1.807, 2.05) is 43.1 Å². The molecule has 2 aliphatic rings. The van der Waals surface area contributed by atoms with Crippen molar-refractivity contribution < 1.29 is 23.8 Å². The van der Waals surface area contributed by atoms with E-state index in [0.29, 0.717) is 49.1 Å². The number of carbonyl (C=O) groups excluding carboxylic acids is 2. The molecule has 7 heteroatoms. The van der Waals surface area contributed by atoms with E-state index in [4.69, 9.17) is 14.2 Å². The van der Waals surface area contributed by atoms with Crippen LogP contribution in [0.1, 0.15) is 15.9 Å². The number of aryl methyl sites for hydroxylation is 1. The number of nitrogens with zero attached hydrogens (tertiary/aromatic N) is 2. The Kier molecular flexibility index (Phi) is 4.92. The number of likely N-dealkylation sites (N-methyl/N-ethyl adjacent to an activating group) is 1. The van der Waals surface area contributed by atoms with Crippen molar-refractivity contribution in [2.24, 2.45) is 0 Å². The predicted octanol–water partition coefficient (Wildman–Crippen LogP) is 2.26. The maximum absolute atomic E-state index is 12.5. The quantitative estimate of drug-likeness (QED) is 0.714. The van der Waals surface area contributed by atoms with Gasteiger partial charge in [-0.3, -0.25) is 19.4 Å². The van der Waals surface area contributed by atoms with Crippen molar-refractivity contribution >= 4 is 17.4 Å². The standard InChI is InChI=1S/C21H22N2O5/c1-14-4-3-5-15(10-14)26-7-6-22(2)13-23-17-12-19-18(27-8-9-28-19)11-16(17)20(24)21(23)25/h3-5,10-12H,6-9,13H2,1-2H3. The second-order valence-corrected chi connectivity index (χ2v) is 6.96. The van der Waals surface area contributed by atoms with E-state index < -0.39 is 11.7 Å². The van der Waals surface area contributed by atoms with Crippen molar-refractivity contribution in [3.8, 4) is 17.2 Å². The zero-order valence-corrected chi connectivity index (χ0v) is 15.9. The van der Waals surface area contributed by atoms with Crippen molar-refractivity contribution in [2.45, 2.75) is 6.92 Å². The van der Waals surface area contributed by atoms with E-state index in [2.05, 4.69) is 0 Å². The summed E-state index contributed by atoms with van der Waals surface area (Å²) in [5.41, 5.74) is 2.06. The monoisotopic (exact) mass is 382 g/mol. The molecule has 146 valence electrons. The Morgan fingerprint density at radius 3 is 2.61 bits per heavy atom. The fourth-order valence-electron chi connectivity index (χ4n) is 3.31. The van der Waals surface area contributed by atoms with Gasteiger partial charge in [0.1, 0.15) is 25.6 Å². The Balaban J connectivity index is 1.42. The summed E-state index contributed by atoms with van der Waals surface area (Å²) in [5.74, 6) is 0.825. The second kappa shape index (κ2) is 7.52. The molecule has 0 N–H and O–H groups in total. The van der Waals surface area contributed by atoms with Crippen molar-refractivity contribution in [1.29, 1.82) is 0 Å². The van der Waals surface area contributed by atoms with Gasteiger partial charge >= 0.3 is 5.91 Å². The smallest absolute Gasteiger partial charge is 0.300 e. The van der Waals surface area contributed by atoms with Gasteiger partial charge in [0.2, 0.25) is 0 Å². The third-order valence-electron chi connectivity index (χ3n) is 4.75. The van der Waals surface area contributed by atoms with Crippen LogP contribution in [0, 0.1) is 6.92 Å². The first-order valence-corrected chi connectivity index (χ1v) is 9.21. The maximum atomic E-state index is 12.5. The van der Waals surface area contributed by atoms with Crippen LogP contribution in [0.4, 0.5) is 5.69 Å². The van der Waals surface area contributed by atoms with Crippen molar-refractivity contribution in [2.75, 3.05) is 45.0 Å². The van der Waals surface area contributed by atoms with E-state index in [1.54, 1.807) is 12.1 Å². The van der Waals surface area contributed by atoms with Crippen LogP contribution in [0.25, 0.3) is 0 Å². The van der Waals surface area contributed by atoms with Crippen LogP contribution in [0.5, 0.6) is 17.2 Å². The summed E-state index contributed by atoms with van der Waals surface area (Å²) in [5, 5.41) is 0. The molecule has 4 rings (SSSR count). The van der Waals surface area contributed by atoms with Crippen LogP contribution in [-0.4, -0.2) is 56.7 Å². The molecule has 0 atom stereocenters. The first kappa shape index (κ1) is 18.3. The van der Waals surface area contributed by atoms with Crippen molar-refractivity contribution in [3.63, 3.8) is 0 Å². The van der Waals surface area contributed by atoms with Gasteiger partial charge in [-0.1, -0.05) is 12.1 Å². The van der Waals surface area contributed by atoms with Gasteiger partial charge in [0.15, 0.2) is 11.5 Å². The van der Waals surface area contributed by atoms with Crippen molar-refractivity contribution in [1.82, 2.24) is 4.90 Å². The van der Waals surface area contributed by atoms with Gasteiger partial charge in [-0.15, -0.1) is 0 Å².